The first kappa shape index (κ1) is 68.0. The van der Waals surface area contributed by atoms with Crippen LogP contribution in [0, 0.1) is 11.6 Å². The lowest BCUT2D eigenvalue weighted by molar-refractivity contribution is -0.0510. The second-order valence-corrected chi connectivity index (χ2v) is 27.9. The Morgan fingerprint density at radius 2 is 1.27 bits per heavy atom. The molecule has 2 aliphatic heterocycles. The van der Waals surface area contributed by atoms with Crippen molar-refractivity contribution in [2.45, 2.75) is 73.3 Å². The van der Waals surface area contributed by atoms with E-state index in [1.165, 1.54) is 124 Å². The summed E-state index contributed by atoms with van der Waals surface area (Å²) in [4.78, 5) is 40.4. The van der Waals surface area contributed by atoms with E-state index in [4.69, 9.17) is 36.4 Å². The number of hydrogen-bond donors (Lipinski definition) is 3. The number of hydrogen-bond acceptors (Lipinski definition) is 18. The van der Waals surface area contributed by atoms with Gasteiger partial charge in [-0.1, -0.05) is 22.4 Å². The van der Waals surface area contributed by atoms with Gasteiger partial charge in [0.2, 0.25) is 0 Å². The Morgan fingerprint density at radius 1 is 0.728 bits per heavy atom. The SMILES string of the molecule is COc1ccc(CN(c2ccon2)S(=O)(=O)c2ccc3c(ccc(=O)n3-c3cc(F)c(Br)cc3OC3CCN(C(=O)OC(C)(C)C)C3)c2)cc1.O=S(=O)(O)C(F)(F)F.O=c1ccc2cc(S(=O)(=O)Nc3ccon3)ccc2n1-c1cc(F)c(Br)cc1OC1CCNC1. The van der Waals surface area contributed by atoms with Gasteiger partial charge in [-0.05, 0) is 144 Å². The molecule has 3 N–H and O–H groups in total. The van der Waals surface area contributed by atoms with Gasteiger partial charge in [0.1, 0.15) is 59.2 Å². The first-order valence-electron chi connectivity index (χ1n) is 27.2. The van der Waals surface area contributed by atoms with Gasteiger partial charge in [0, 0.05) is 66.7 Å². The predicted octanol–water partition coefficient (Wildman–Crippen LogP) is 10.5. The highest BCUT2D eigenvalue weighted by Crippen LogP contribution is 2.36. The molecular weight excluding hydrogens is 1420 g/mol. The minimum absolute atomic E-state index is 0.0383. The van der Waals surface area contributed by atoms with Crippen LogP contribution in [-0.4, -0.2) is 117 Å². The van der Waals surface area contributed by atoms with Gasteiger partial charge in [-0.2, -0.15) is 21.6 Å². The van der Waals surface area contributed by atoms with E-state index >= 15 is 4.39 Å². The average molecular weight is 1470 g/mol. The number of alkyl halides is 3. The van der Waals surface area contributed by atoms with Crippen LogP contribution in [0.3, 0.4) is 0 Å². The van der Waals surface area contributed by atoms with E-state index in [1.54, 1.807) is 52.1 Å². The van der Waals surface area contributed by atoms with Gasteiger partial charge in [-0.3, -0.25) is 28.0 Å². The van der Waals surface area contributed by atoms with E-state index in [9.17, 15) is 48.8 Å². The number of nitrogens with one attached hydrogen (secondary N) is 2. The normalized spacial score (nSPS) is 15.3. The van der Waals surface area contributed by atoms with Crippen molar-refractivity contribution in [3.05, 3.63) is 181 Å². The molecule has 92 heavy (non-hydrogen) atoms. The summed E-state index contributed by atoms with van der Waals surface area (Å²) in [6.07, 6.45) is 2.73. The number of nitrogens with zero attached hydrogens (tertiary/aromatic N) is 6. The fourth-order valence-electron chi connectivity index (χ4n) is 9.36. The smallest absolute Gasteiger partial charge is 0.497 e. The Bertz CT molecular complexity index is 4670. The lowest BCUT2D eigenvalue weighted by Crippen LogP contribution is -2.36. The monoisotopic (exact) mass is 1470 g/mol. The van der Waals surface area contributed by atoms with Crippen molar-refractivity contribution in [3.63, 3.8) is 0 Å². The molecular formula is C58H53Br2F5N8O16S3. The number of halogens is 7. The molecule has 2 aliphatic rings. The number of fused-ring (bicyclic) bond motifs is 2. The molecule has 1 amide bonds. The standard InChI is InChI=1S/C35H34BrFN4O8S.C22H18BrFN4O5S.CHF3O3S/c1-35(2,3)49-34(43)39-15-13-25(21-39)48-31-18-27(36)28(37)19-30(31)41-29-11-10-26(17-23(29)7-12-33(41)42)50(44,45)40(32-14-16-47-38-32)20-22-5-8-24(46-4)9-6-22;23-16-10-20(33-14-5-7-25-12-14)19(11-17(16)24)28-18-3-2-15(9-13(18)1-4-22(28)29)34(30,31)27-21-6-8-32-26-21;2-1(3,4)8(5,6)7/h5-12,14,16-19,25H,13,15,20-21H2,1-4H3;1-4,6,8-11,14,25H,5,7,12H2,(H,26,27);(H,5,6,7). The lowest BCUT2D eigenvalue weighted by Gasteiger charge is -2.24. The summed E-state index contributed by atoms with van der Waals surface area (Å²) in [5, 5.41) is 11.5. The number of benzene rings is 5. The van der Waals surface area contributed by atoms with Crippen molar-refractivity contribution >= 4 is 102 Å². The summed E-state index contributed by atoms with van der Waals surface area (Å²) in [6, 6.07) is 29.3. The van der Waals surface area contributed by atoms with Crippen LogP contribution in [0.4, 0.5) is 38.4 Å². The zero-order chi connectivity index (χ0) is 66.7. The van der Waals surface area contributed by atoms with E-state index in [1.807, 2.05) is 0 Å². The van der Waals surface area contributed by atoms with Gasteiger partial charge in [0.05, 0.1) is 61.3 Å². The molecule has 0 saturated carbocycles. The fraction of sp³-hybridized carbons (Fsp3) is 0.259. The molecule has 11 rings (SSSR count). The summed E-state index contributed by atoms with van der Waals surface area (Å²) in [7, 11) is -12.5. The lowest BCUT2D eigenvalue weighted by atomic mass is 10.2. The molecule has 24 nitrogen and oxygen atoms in total. The second kappa shape index (κ2) is 27.4. The van der Waals surface area contributed by atoms with Crippen molar-refractivity contribution in [3.8, 4) is 28.6 Å². The number of rotatable bonds is 15. The number of aromatic nitrogens is 4. The van der Waals surface area contributed by atoms with Crippen LogP contribution in [-0.2, 0) is 41.4 Å². The topological polar surface area (TPSA) is 303 Å². The van der Waals surface area contributed by atoms with E-state index < -0.39 is 76.2 Å². The predicted molar refractivity (Wildman–Crippen MR) is 331 cm³/mol. The number of anilines is 2. The molecule has 0 spiro atoms. The van der Waals surface area contributed by atoms with Crippen LogP contribution in [0.25, 0.3) is 33.2 Å². The molecule has 5 aromatic carbocycles. The fourth-order valence-corrected chi connectivity index (χ4v) is 12.5. The third kappa shape index (κ3) is 15.9. The van der Waals surface area contributed by atoms with Crippen LogP contribution < -0.4 is 39.7 Å². The number of sulfonamides is 2. The second-order valence-electron chi connectivity index (χ2n) is 21.2. The van der Waals surface area contributed by atoms with Crippen molar-refractivity contribution in [1.29, 1.82) is 0 Å². The van der Waals surface area contributed by atoms with Crippen LogP contribution in [0.1, 0.15) is 39.2 Å². The summed E-state index contributed by atoms with van der Waals surface area (Å²) >= 11 is 6.40. The molecule has 4 aromatic heterocycles. The third-order valence-corrected chi connectivity index (χ3v) is 18.5. The summed E-state index contributed by atoms with van der Waals surface area (Å²) in [5.74, 6) is 0.0632. The van der Waals surface area contributed by atoms with Crippen molar-refractivity contribution in [2.75, 3.05) is 42.3 Å². The zero-order valence-corrected chi connectivity index (χ0v) is 54.1. The summed E-state index contributed by atoms with van der Waals surface area (Å²) < 4.78 is 180. The zero-order valence-electron chi connectivity index (χ0n) is 48.4. The molecule has 9 aromatic rings. The Kier molecular flexibility index (Phi) is 20.3. The van der Waals surface area contributed by atoms with Gasteiger partial charge >= 0.3 is 21.7 Å². The highest BCUT2D eigenvalue weighted by molar-refractivity contribution is 9.10. The van der Waals surface area contributed by atoms with Gasteiger partial charge in [0.15, 0.2) is 11.6 Å². The first-order chi connectivity index (χ1) is 43.3. The van der Waals surface area contributed by atoms with Crippen LogP contribution in [0.15, 0.2) is 171 Å². The van der Waals surface area contributed by atoms with E-state index in [0.29, 0.717) is 58.4 Å². The number of amides is 1. The van der Waals surface area contributed by atoms with Gasteiger partial charge in [-0.15, -0.1) is 0 Å². The maximum atomic E-state index is 15.1. The van der Waals surface area contributed by atoms with Gasteiger partial charge in [-0.25, -0.2) is 34.7 Å². The van der Waals surface area contributed by atoms with Gasteiger partial charge < -0.3 is 38.2 Å². The summed E-state index contributed by atoms with van der Waals surface area (Å²) in [6.45, 7) is 7.36. The molecule has 488 valence electrons. The molecule has 2 atom stereocenters. The van der Waals surface area contributed by atoms with Crippen molar-refractivity contribution < 1.29 is 84.5 Å². The minimum Gasteiger partial charge on any atom is -0.497 e. The Labute approximate surface area is 537 Å². The molecule has 0 radical (unpaired) electrons. The van der Waals surface area contributed by atoms with Crippen LogP contribution >= 0.6 is 31.9 Å². The Balaban J connectivity index is 0.000000205. The molecule has 34 heteroatoms. The maximum absolute atomic E-state index is 15.1. The molecule has 2 unspecified atom stereocenters. The van der Waals surface area contributed by atoms with Crippen molar-refractivity contribution in [1.82, 2.24) is 29.7 Å². The molecule has 2 saturated heterocycles. The quantitative estimate of drug-likeness (QED) is 0.0488. The maximum Gasteiger partial charge on any atom is 0.522 e. The van der Waals surface area contributed by atoms with E-state index in [2.05, 4.69) is 56.7 Å². The molecule has 6 heterocycles. The highest BCUT2D eigenvalue weighted by Gasteiger charge is 2.44. The largest absolute Gasteiger partial charge is 0.522 e. The molecule has 2 fully saturated rings. The Hall–Kier alpha value is -8.41. The van der Waals surface area contributed by atoms with Gasteiger partial charge in [0.25, 0.3) is 31.2 Å². The molecule has 0 bridgehead atoms. The van der Waals surface area contributed by atoms with E-state index in [0.717, 1.165) is 17.3 Å². The average Bonchev–Trinajstić information content (AvgIpc) is 1.03. The molecule has 0 aliphatic carbocycles. The van der Waals surface area contributed by atoms with Crippen LogP contribution in [0.2, 0.25) is 0 Å². The summed E-state index contributed by atoms with van der Waals surface area (Å²) in [5.41, 5.74) is -5.40. The number of carbonyl (C=O) groups excluding carboxylic acids is 1. The Morgan fingerprint density at radius 3 is 1.77 bits per heavy atom. The highest BCUT2D eigenvalue weighted by atomic mass is 79.9. The number of methoxy groups -OCH3 is 1. The number of ether oxygens (including phenoxy) is 4. The number of pyridine rings is 2. The minimum atomic E-state index is -5.84. The van der Waals surface area contributed by atoms with E-state index in [-0.39, 0.29) is 66.7 Å². The number of likely N-dealkylation sites (tertiary alicyclic amines) is 1. The first-order valence-corrected chi connectivity index (χ1v) is 33.1. The van der Waals surface area contributed by atoms with Crippen LogP contribution in [0.5, 0.6) is 17.2 Å². The number of carbonyl (C=O) groups is 1. The third-order valence-electron chi connectivity index (χ3n) is 13.6. The van der Waals surface area contributed by atoms with Crippen molar-refractivity contribution in [2.24, 2.45) is 0 Å².